The number of hydrazine groups is 1. The lowest BCUT2D eigenvalue weighted by Gasteiger charge is -2.40. The van der Waals surface area contributed by atoms with Gasteiger partial charge in [-0.3, -0.25) is 20.2 Å². The number of rotatable bonds is 10. The summed E-state index contributed by atoms with van der Waals surface area (Å²) in [6.45, 7) is 9.96. The summed E-state index contributed by atoms with van der Waals surface area (Å²) in [5.74, 6) is 3.04. The smallest absolute Gasteiger partial charge is 0.331 e. The van der Waals surface area contributed by atoms with Crippen molar-refractivity contribution in [3.8, 4) is 0 Å². The predicted octanol–water partition coefficient (Wildman–Crippen LogP) is 1.08. The second-order valence-corrected chi connectivity index (χ2v) is 12.3. The van der Waals surface area contributed by atoms with Crippen LogP contribution in [0.25, 0.3) is 0 Å². The molecule has 7 N–H and O–H groups in total. The van der Waals surface area contributed by atoms with E-state index in [1.165, 1.54) is 7.11 Å². The zero-order chi connectivity index (χ0) is 31.4. The second-order valence-electron chi connectivity index (χ2n) is 12.3. The van der Waals surface area contributed by atoms with E-state index in [0.29, 0.717) is 32.2 Å². The molecule has 41 heavy (non-hydrogen) atoms. The van der Waals surface area contributed by atoms with E-state index in [1.54, 1.807) is 4.90 Å². The van der Waals surface area contributed by atoms with Crippen LogP contribution in [0, 0.1) is 11.3 Å². The molecule has 13 nitrogen and oxygen atoms in total. The Labute approximate surface area is 243 Å². The van der Waals surface area contributed by atoms with Gasteiger partial charge in [-0.25, -0.2) is 15.0 Å². The molecule has 2 fully saturated rings. The Hall–Kier alpha value is -3.06. The van der Waals surface area contributed by atoms with Crippen molar-refractivity contribution in [3.63, 3.8) is 0 Å². The number of primary amides is 1. The van der Waals surface area contributed by atoms with E-state index in [9.17, 15) is 28.8 Å². The standard InChI is InChI=1S/C21H35N3O5.C7H15N3O2/c1-20(2,3)16(17(26)24-13-9-6-10-15(24)14-25)22-19(28)23-21(18(27)29-4)11-7-5-8-12-21;1-4(2)3-5(10-9)6(11)7(8)12/h14-16H,5-13H2,1-4H3,(H2,22,23,28);4-5,10H,3,9H2,1-2H3,(H2,8,12). The molecule has 2 aliphatic rings. The molecule has 0 bridgehead atoms. The van der Waals surface area contributed by atoms with Crippen LogP contribution in [-0.4, -0.2) is 78.1 Å². The van der Waals surface area contributed by atoms with Crippen LogP contribution in [0.4, 0.5) is 4.79 Å². The first-order valence-electron chi connectivity index (χ1n) is 14.4. The third-order valence-corrected chi connectivity index (χ3v) is 7.48. The fourth-order valence-corrected chi connectivity index (χ4v) is 5.20. The maximum Gasteiger partial charge on any atom is 0.331 e. The molecule has 1 aliphatic carbocycles. The lowest BCUT2D eigenvalue weighted by atomic mass is 9.81. The number of carbonyl (C=O) groups is 6. The number of ether oxygens (including phenoxy) is 1. The average molecular weight is 583 g/mol. The van der Waals surface area contributed by atoms with Gasteiger partial charge in [0.1, 0.15) is 17.9 Å². The number of hydrogen-bond acceptors (Lipinski definition) is 9. The van der Waals surface area contributed by atoms with Crippen LogP contribution < -0.4 is 27.6 Å². The molecule has 3 atom stereocenters. The molecule has 0 radical (unpaired) electrons. The normalized spacial score (nSPS) is 20.0. The van der Waals surface area contributed by atoms with Crippen molar-refractivity contribution in [2.24, 2.45) is 22.9 Å². The Morgan fingerprint density at radius 2 is 1.66 bits per heavy atom. The summed E-state index contributed by atoms with van der Waals surface area (Å²) >= 11 is 0. The lowest BCUT2D eigenvalue weighted by molar-refractivity contribution is -0.149. The summed E-state index contributed by atoms with van der Waals surface area (Å²) in [7, 11) is 1.32. The van der Waals surface area contributed by atoms with Gasteiger partial charge in [-0.1, -0.05) is 53.9 Å². The third-order valence-electron chi connectivity index (χ3n) is 7.48. The number of carbonyl (C=O) groups excluding carboxylic acids is 6. The highest BCUT2D eigenvalue weighted by Gasteiger charge is 2.44. The molecule has 1 aliphatic heterocycles. The van der Waals surface area contributed by atoms with Gasteiger partial charge in [0, 0.05) is 6.54 Å². The minimum Gasteiger partial charge on any atom is -0.467 e. The number of urea groups is 1. The van der Waals surface area contributed by atoms with Crippen molar-refractivity contribution in [2.75, 3.05) is 13.7 Å². The van der Waals surface area contributed by atoms with E-state index >= 15 is 0 Å². The largest absolute Gasteiger partial charge is 0.467 e. The molecule has 2 rings (SSSR count). The quantitative estimate of drug-likeness (QED) is 0.0820. The van der Waals surface area contributed by atoms with Crippen LogP contribution in [0.15, 0.2) is 0 Å². The van der Waals surface area contributed by atoms with E-state index in [1.807, 2.05) is 34.6 Å². The first kappa shape index (κ1) is 36.0. The number of Topliss-reactive ketones (excluding diaryl/α,β-unsaturated/α-hetero) is 1. The van der Waals surface area contributed by atoms with Gasteiger partial charge in [-0.15, -0.1) is 0 Å². The number of likely N-dealkylation sites (tertiary alicyclic amines) is 1. The van der Waals surface area contributed by atoms with E-state index in [-0.39, 0.29) is 11.8 Å². The Morgan fingerprint density at radius 1 is 1.05 bits per heavy atom. The SMILES string of the molecule is CC(C)CC(NN)C(=O)C(N)=O.COC(=O)C1(NC(=O)NC(C(=O)N2CCCCC2C=O)C(C)(C)C)CCCCC1. The number of nitrogens with zero attached hydrogens (tertiary/aromatic N) is 1. The average Bonchev–Trinajstić information content (AvgIpc) is 2.93. The summed E-state index contributed by atoms with van der Waals surface area (Å²) in [6, 6.07) is -2.49. The van der Waals surface area contributed by atoms with E-state index in [0.717, 1.165) is 38.4 Å². The topological polar surface area (TPSA) is 203 Å². The zero-order valence-corrected chi connectivity index (χ0v) is 25.4. The van der Waals surface area contributed by atoms with Crippen LogP contribution >= 0.6 is 0 Å². The van der Waals surface area contributed by atoms with E-state index in [2.05, 4.69) is 16.1 Å². The van der Waals surface area contributed by atoms with Gasteiger partial charge >= 0.3 is 12.0 Å². The molecule has 234 valence electrons. The Morgan fingerprint density at radius 3 is 2.12 bits per heavy atom. The molecule has 13 heteroatoms. The minimum atomic E-state index is -1.06. The van der Waals surface area contributed by atoms with Gasteiger partial charge in [-0.2, -0.15) is 0 Å². The van der Waals surface area contributed by atoms with Crippen molar-refractivity contribution in [1.29, 1.82) is 0 Å². The van der Waals surface area contributed by atoms with Crippen molar-refractivity contribution < 1.29 is 33.5 Å². The molecule has 0 aromatic heterocycles. The number of amides is 4. The molecule has 4 amide bonds. The van der Waals surface area contributed by atoms with Crippen molar-refractivity contribution in [1.82, 2.24) is 21.0 Å². The summed E-state index contributed by atoms with van der Waals surface area (Å²) in [5.41, 5.74) is 5.45. The molecular weight excluding hydrogens is 532 g/mol. The number of nitrogens with two attached hydrogens (primary N) is 2. The van der Waals surface area contributed by atoms with Crippen LogP contribution in [0.3, 0.4) is 0 Å². The minimum absolute atomic E-state index is 0.264. The van der Waals surface area contributed by atoms with Crippen LogP contribution in [-0.2, 0) is 28.7 Å². The number of ketones is 1. The monoisotopic (exact) mass is 582 g/mol. The molecule has 0 aromatic rings. The maximum absolute atomic E-state index is 13.2. The van der Waals surface area contributed by atoms with Crippen LogP contribution in [0.5, 0.6) is 0 Å². The molecule has 0 spiro atoms. The molecule has 1 saturated carbocycles. The number of esters is 1. The second kappa shape index (κ2) is 16.4. The maximum atomic E-state index is 13.2. The lowest BCUT2D eigenvalue weighted by Crippen LogP contribution is -2.63. The number of nitrogens with one attached hydrogen (secondary N) is 3. The van der Waals surface area contributed by atoms with Crippen molar-refractivity contribution in [3.05, 3.63) is 0 Å². The Balaban J connectivity index is 0.000000590. The summed E-state index contributed by atoms with van der Waals surface area (Å²) < 4.78 is 4.94. The first-order valence-corrected chi connectivity index (χ1v) is 14.4. The van der Waals surface area contributed by atoms with Gasteiger partial charge in [0.15, 0.2) is 0 Å². The highest BCUT2D eigenvalue weighted by atomic mass is 16.5. The van der Waals surface area contributed by atoms with E-state index in [4.69, 9.17) is 16.3 Å². The van der Waals surface area contributed by atoms with Crippen molar-refractivity contribution >= 4 is 35.9 Å². The summed E-state index contributed by atoms with van der Waals surface area (Å²) in [5, 5.41) is 5.59. The van der Waals surface area contributed by atoms with E-state index < -0.39 is 52.8 Å². The highest BCUT2D eigenvalue weighted by molar-refractivity contribution is 6.37. The molecule has 0 aromatic carbocycles. The summed E-state index contributed by atoms with van der Waals surface area (Å²) in [6.07, 6.45) is 7.40. The van der Waals surface area contributed by atoms with Gasteiger partial charge < -0.3 is 30.8 Å². The predicted molar refractivity (Wildman–Crippen MR) is 153 cm³/mol. The first-order chi connectivity index (χ1) is 19.1. The van der Waals surface area contributed by atoms with Crippen LogP contribution in [0.2, 0.25) is 0 Å². The van der Waals surface area contributed by atoms with Gasteiger partial charge in [0.05, 0.1) is 19.2 Å². The highest BCUT2D eigenvalue weighted by Crippen LogP contribution is 2.30. The number of hydrogen-bond donors (Lipinski definition) is 5. The number of methoxy groups -OCH3 is 1. The molecule has 1 heterocycles. The molecule has 1 saturated heterocycles. The molecule has 3 unspecified atom stereocenters. The van der Waals surface area contributed by atoms with Gasteiger partial charge in [-0.05, 0) is 49.9 Å². The Bertz CT molecular complexity index is 927. The Kier molecular flexibility index (Phi) is 14.4. The fraction of sp³-hybridized carbons (Fsp3) is 0.786. The third kappa shape index (κ3) is 10.7. The number of aldehydes is 1. The van der Waals surface area contributed by atoms with Gasteiger partial charge in [0.2, 0.25) is 11.7 Å². The summed E-state index contributed by atoms with van der Waals surface area (Å²) in [4.78, 5) is 73.0. The van der Waals surface area contributed by atoms with Gasteiger partial charge in [0.25, 0.3) is 5.91 Å². The molecular formula is C28H50N6O7. The van der Waals surface area contributed by atoms with Crippen molar-refractivity contribution in [2.45, 2.75) is 116 Å². The van der Waals surface area contributed by atoms with Crippen LogP contribution in [0.1, 0.15) is 92.4 Å². The fourth-order valence-electron chi connectivity index (χ4n) is 5.20. The number of piperidine rings is 1. The zero-order valence-electron chi connectivity index (χ0n) is 25.4.